The molecule has 0 atom stereocenters. The van der Waals surface area contributed by atoms with Crippen molar-refractivity contribution in [1.29, 1.82) is 0 Å². The molecule has 1 aromatic carbocycles. The molecule has 9 heteroatoms. The first-order valence-electron chi connectivity index (χ1n) is 8.61. The number of carbonyl (C=O) groups excluding carboxylic acids is 1. The van der Waals surface area contributed by atoms with Crippen molar-refractivity contribution in [1.82, 2.24) is 9.62 Å². The van der Waals surface area contributed by atoms with Gasteiger partial charge in [0.1, 0.15) is 5.82 Å². The van der Waals surface area contributed by atoms with Crippen LogP contribution in [0.5, 0.6) is 0 Å². The molecule has 1 aromatic rings. The highest BCUT2D eigenvalue weighted by atomic mass is 35.5. The van der Waals surface area contributed by atoms with E-state index in [1.54, 1.807) is 19.1 Å². The number of nitrogens with one attached hydrogen (secondary N) is 1. The van der Waals surface area contributed by atoms with Crippen LogP contribution in [0.4, 0.5) is 4.39 Å². The Hall–Kier alpha value is -0.830. The molecule has 1 fully saturated rings. The maximum absolute atomic E-state index is 13.7. The number of sulfonamides is 1. The zero-order valence-electron chi connectivity index (χ0n) is 14.7. The van der Waals surface area contributed by atoms with E-state index in [2.05, 4.69) is 5.32 Å². The summed E-state index contributed by atoms with van der Waals surface area (Å²) in [4.78, 5) is 12.2. The predicted octanol–water partition coefficient (Wildman–Crippen LogP) is 2.89. The molecular formula is C17H24ClFN2O3S2. The van der Waals surface area contributed by atoms with Gasteiger partial charge in [-0.15, -0.1) is 0 Å². The Bertz CT molecular complexity index is 702. The van der Waals surface area contributed by atoms with Gasteiger partial charge in [-0.25, -0.2) is 17.1 Å². The highest BCUT2D eigenvalue weighted by Crippen LogP contribution is 2.24. The van der Waals surface area contributed by atoms with Crippen LogP contribution >= 0.6 is 23.4 Å². The number of hydrogen-bond acceptors (Lipinski definition) is 4. The zero-order valence-corrected chi connectivity index (χ0v) is 17.1. The first-order valence-corrected chi connectivity index (χ1v) is 11.8. The van der Waals surface area contributed by atoms with E-state index in [1.165, 1.54) is 22.1 Å². The molecule has 1 aliphatic heterocycles. The van der Waals surface area contributed by atoms with Crippen LogP contribution in [0.1, 0.15) is 25.3 Å². The SMILES string of the molecule is CCS(=O)(=O)N1CCC(C(=O)NCCSCc2c(F)cccc2Cl)CC1. The largest absolute Gasteiger partial charge is 0.355 e. The molecule has 1 amide bonds. The van der Waals surface area contributed by atoms with Gasteiger partial charge < -0.3 is 5.32 Å². The normalized spacial score (nSPS) is 16.6. The molecule has 0 bridgehead atoms. The second-order valence-corrected chi connectivity index (χ2v) is 9.89. The van der Waals surface area contributed by atoms with Crippen LogP contribution in [0.3, 0.4) is 0 Å². The van der Waals surface area contributed by atoms with E-state index in [1.807, 2.05) is 0 Å². The summed E-state index contributed by atoms with van der Waals surface area (Å²) in [6.07, 6.45) is 1.09. The highest BCUT2D eigenvalue weighted by Gasteiger charge is 2.29. The van der Waals surface area contributed by atoms with Crippen molar-refractivity contribution in [3.05, 3.63) is 34.6 Å². The Kier molecular flexibility index (Phi) is 8.19. The number of carbonyl (C=O) groups is 1. The quantitative estimate of drug-likeness (QED) is 0.654. The van der Waals surface area contributed by atoms with Gasteiger partial charge in [-0.2, -0.15) is 11.8 Å². The number of hydrogen-bond donors (Lipinski definition) is 1. The minimum Gasteiger partial charge on any atom is -0.355 e. The summed E-state index contributed by atoms with van der Waals surface area (Å²) in [6, 6.07) is 4.62. The first-order chi connectivity index (χ1) is 12.3. The third-order valence-electron chi connectivity index (χ3n) is 4.44. The Labute approximate surface area is 163 Å². The maximum atomic E-state index is 13.7. The van der Waals surface area contributed by atoms with Crippen molar-refractivity contribution in [2.45, 2.75) is 25.5 Å². The number of rotatable bonds is 8. The summed E-state index contributed by atoms with van der Waals surface area (Å²) in [7, 11) is -3.17. The van der Waals surface area contributed by atoms with E-state index in [0.717, 1.165) is 0 Å². The number of nitrogens with zero attached hydrogens (tertiary/aromatic N) is 1. The summed E-state index contributed by atoms with van der Waals surface area (Å²) < 4.78 is 38.8. The second-order valence-electron chi connectivity index (χ2n) is 6.12. The van der Waals surface area contributed by atoms with E-state index < -0.39 is 10.0 Å². The van der Waals surface area contributed by atoms with Gasteiger partial charge in [-0.1, -0.05) is 17.7 Å². The Morgan fingerprint density at radius 1 is 1.38 bits per heavy atom. The topological polar surface area (TPSA) is 66.5 Å². The Balaban J connectivity index is 1.67. The van der Waals surface area contributed by atoms with Gasteiger partial charge in [0.15, 0.2) is 0 Å². The Morgan fingerprint density at radius 3 is 2.69 bits per heavy atom. The van der Waals surface area contributed by atoms with Crippen molar-refractivity contribution in [3.8, 4) is 0 Å². The predicted molar refractivity (Wildman–Crippen MR) is 104 cm³/mol. The molecule has 2 rings (SSSR count). The molecule has 0 unspecified atom stereocenters. The third kappa shape index (κ3) is 5.84. The molecule has 0 saturated carbocycles. The van der Waals surface area contributed by atoms with Crippen LogP contribution in [0.15, 0.2) is 18.2 Å². The lowest BCUT2D eigenvalue weighted by Crippen LogP contribution is -2.43. The molecule has 0 spiro atoms. The fraction of sp³-hybridized carbons (Fsp3) is 0.588. The van der Waals surface area contributed by atoms with E-state index >= 15 is 0 Å². The number of thioether (sulfide) groups is 1. The smallest absolute Gasteiger partial charge is 0.223 e. The summed E-state index contributed by atoms with van der Waals surface area (Å²) in [6.45, 7) is 2.91. The molecule has 5 nitrogen and oxygen atoms in total. The summed E-state index contributed by atoms with van der Waals surface area (Å²) in [5, 5.41) is 3.29. The number of amides is 1. The fourth-order valence-corrected chi connectivity index (χ4v) is 5.14. The molecule has 0 aromatic heterocycles. The number of halogens is 2. The van der Waals surface area contributed by atoms with Crippen LogP contribution in [0.25, 0.3) is 0 Å². The van der Waals surface area contributed by atoms with Gasteiger partial charge in [0, 0.05) is 47.6 Å². The summed E-state index contributed by atoms with van der Waals surface area (Å²) in [5.41, 5.74) is 0.481. The average molecular weight is 423 g/mol. The molecule has 0 radical (unpaired) electrons. The van der Waals surface area contributed by atoms with E-state index in [9.17, 15) is 17.6 Å². The van der Waals surface area contributed by atoms with Crippen LogP contribution < -0.4 is 5.32 Å². The standard InChI is InChI=1S/C17H24ClFN2O3S2/c1-2-26(23,24)21-9-6-13(7-10-21)17(22)20-8-11-25-12-14-15(18)4-3-5-16(14)19/h3-5,13H,2,6-12H2,1H3,(H,20,22). The van der Waals surface area contributed by atoms with E-state index in [0.29, 0.717) is 54.6 Å². The van der Waals surface area contributed by atoms with E-state index in [-0.39, 0.29) is 23.4 Å². The zero-order chi connectivity index (χ0) is 19.2. The lowest BCUT2D eigenvalue weighted by Gasteiger charge is -2.30. The molecule has 1 heterocycles. The molecule has 1 aliphatic rings. The van der Waals surface area contributed by atoms with Gasteiger partial charge in [-0.05, 0) is 31.9 Å². The van der Waals surface area contributed by atoms with E-state index in [4.69, 9.17) is 11.6 Å². The highest BCUT2D eigenvalue weighted by molar-refractivity contribution is 7.98. The van der Waals surface area contributed by atoms with Crippen LogP contribution in [0.2, 0.25) is 5.02 Å². The van der Waals surface area contributed by atoms with Gasteiger partial charge in [0.05, 0.1) is 5.75 Å². The van der Waals surface area contributed by atoms with Gasteiger partial charge in [0.2, 0.25) is 15.9 Å². The lowest BCUT2D eigenvalue weighted by molar-refractivity contribution is -0.125. The summed E-state index contributed by atoms with van der Waals surface area (Å²) >= 11 is 7.48. The van der Waals surface area contributed by atoms with Crippen molar-refractivity contribution in [2.75, 3.05) is 31.1 Å². The third-order valence-corrected chi connectivity index (χ3v) is 7.66. The van der Waals surface area contributed by atoms with Crippen LogP contribution in [0, 0.1) is 11.7 Å². The van der Waals surface area contributed by atoms with Crippen molar-refractivity contribution in [2.24, 2.45) is 5.92 Å². The maximum Gasteiger partial charge on any atom is 0.223 e. The molecule has 146 valence electrons. The molecule has 1 N–H and O–H groups in total. The minimum absolute atomic E-state index is 0.0388. The van der Waals surface area contributed by atoms with Gasteiger partial charge >= 0.3 is 0 Å². The van der Waals surface area contributed by atoms with Gasteiger partial charge in [-0.3, -0.25) is 4.79 Å². The monoisotopic (exact) mass is 422 g/mol. The van der Waals surface area contributed by atoms with Crippen molar-refractivity contribution < 1.29 is 17.6 Å². The van der Waals surface area contributed by atoms with Crippen LogP contribution in [-0.4, -0.2) is 49.8 Å². The number of piperidine rings is 1. The molecule has 0 aliphatic carbocycles. The fourth-order valence-electron chi connectivity index (χ4n) is 2.81. The lowest BCUT2D eigenvalue weighted by atomic mass is 9.97. The molecule has 1 saturated heterocycles. The Morgan fingerprint density at radius 2 is 2.08 bits per heavy atom. The van der Waals surface area contributed by atoms with Gasteiger partial charge in [0.25, 0.3) is 0 Å². The second kappa shape index (κ2) is 9.92. The van der Waals surface area contributed by atoms with Crippen LogP contribution in [-0.2, 0) is 20.6 Å². The molecular weight excluding hydrogens is 399 g/mol. The summed E-state index contributed by atoms with van der Waals surface area (Å²) in [5.74, 6) is 0.691. The van der Waals surface area contributed by atoms with Crippen molar-refractivity contribution >= 4 is 39.3 Å². The van der Waals surface area contributed by atoms with Crippen molar-refractivity contribution in [3.63, 3.8) is 0 Å². The average Bonchev–Trinajstić information content (AvgIpc) is 2.63. The first kappa shape index (κ1) is 21.5. The minimum atomic E-state index is -3.17. The number of benzene rings is 1. The molecule has 26 heavy (non-hydrogen) atoms.